The SMILES string of the molecule is CCOC1[C@@H](OC)C(C)O[C@@H](O[C@@H]2C[C@@H]3[C@@H](C2)[C@@H]2C=C4C(=O)[C@H](C)[C@@H](O[C@H]5CC[C@H](N(C)C)C(C)O5)CCC[C@H](CC)OC(=O)C[C@H]4[C@@H]2[C@@H]2[C@H]3N2c2ccccc2)[C@H]1OC. The summed E-state index contributed by atoms with van der Waals surface area (Å²) in [6.45, 7) is 10.8. The van der Waals surface area contributed by atoms with Gasteiger partial charge in [-0.15, -0.1) is 0 Å². The first kappa shape index (κ1) is 44.2. The summed E-state index contributed by atoms with van der Waals surface area (Å²) >= 11 is 0. The Morgan fingerprint density at radius 2 is 1.58 bits per heavy atom. The van der Waals surface area contributed by atoms with E-state index in [0.717, 1.165) is 50.5 Å². The largest absolute Gasteiger partial charge is 0.462 e. The number of esters is 1. The van der Waals surface area contributed by atoms with Crippen LogP contribution in [0.5, 0.6) is 0 Å². The van der Waals surface area contributed by atoms with E-state index in [4.69, 9.17) is 37.9 Å². The van der Waals surface area contributed by atoms with Gasteiger partial charge >= 0.3 is 5.97 Å². The number of para-hydroxylation sites is 1. The Labute approximate surface area is 358 Å². The minimum Gasteiger partial charge on any atom is -0.462 e. The highest BCUT2D eigenvalue weighted by atomic mass is 16.7. The van der Waals surface area contributed by atoms with Gasteiger partial charge in [0, 0.05) is 44.4 Å². The number of fused-ring (bicyclic) bond motifs is 8. The number of anilines is 1. The summed E-state index contributed by atoms with van der Waals surface area (Å²) in [4.78, 5) is 34.0. The third kappa shape index (κ3) is 8.50. The molecule has 0 bridgehead atoms. The molecule has 7 aliphatic rings. The van der Waals surface area contributed by atoms with Gasteiger partial charge in [0.25, 0.3) is 0 Å². The van der Waals surface area contributed by atoms with Crippen LogP contribution in [0.2, 0.25) is 0 Å². The lowest BCUT2D eigenvalue weighted by molar-refractivity contribution is -0.317. The number of rotatable bonds is 11. The first-order valence-electron chi connectivity index (χ1n) is 23.2. The lowest BCUT2D eigenvalue weighted by Crippen LogP contribution is -2.60. The zero-order valence-electron chi connectivity index (χ0n) is 37.5. The molecule has 2 saturated carbocycles. The van der Waals surface area contributed by atoms with Gasteiger partial charge in [-0.1, -0.05) is 38.1 Å². The van der Waals surface area contributed by atoms with Crippen molar-refractivity contribution in [3.8, 4) is 0 Å². The Balaban J connectivity index is 1.09. The quantitative estimate of drug-likeness (QED) is 0.177. The fraction of sp³-hybridized carbons (Fsp3) is 0.792. The normalized spacial score (nSPS) is 44.5. The molecular weight excluding hydrogens is 765 g/mol. The fourth-order valence-electron chi connectivity index (χ4n) is 12.7. The van der Waals surface area contributed by atoms with E-state index in [-0.39, 0.29) is 109 Å². The topological polar surface area (TPSA) is 114 Å². The Morgan fingerprint density at radius 1 is 0.833 bits per heavy atom. The van der Waals surface area contributed by atoms with Gasteiger partial charge in [0.2, 0.25) is 0 Å². The molecule has 3 unspecified atom stereocenters. The van der Waals surface area contributed by atoms with E-state index >= 15 is 4.79 Å². The van der Waals surface area contributed by atoms with Crippen molar-refractivity contribution in [2.45, 2.75) is 172 Å². The predicted octanol–water partition coefficient (Wildman–Crippen LogP) is 6.58. The standard InChI is InChI=1S/C48H72N2O10/c1-10-30-18-15-19-38(60-40-21-20-37(49(6)7)27(4)56-40)26(3)44(52)36-24-33-32-22-31(59-48-47(54-9)46(55-11-2)45(53-8)28(5)57-48)23-35(32)42-43(41(33)34(36)25-39(51)58-30)50(42)29-16-13-12-14-17-29/h12-14,16-17,24,26-28,30-35,37-38,40-43,45-48H,10-11,15,18-23,25H2,1-9H3/t26-,27?,28?,30+,31+,32+,33+,34-,35-,37+,38+,40+,41-,42+,43-,45+,46?,47+,48+,50?/m1/s1. The maximum atomic E-state index is 15.2. The molecule has 0 amide bonds. The van der Waals surface area contributed by atoms with Gasteiger partial charge in [-0.3, -0.25) is 9.59 Å². The summed E-state index contributed by atoms with van der Waals surface area (Å²) in [5, 5.41) is 0. The van der Waals surface area contributed by atoms with E-state index in [0.29, 0.717) is 25.0 Å². The first-order valence-corrected chi connectivity index (χ1v) is 23.2. The van der Waals surface area contributed by atoms with E-state index in [9.17, 15) is 4.79 Å². The van der Waals surface area contributed by atoms with Crippen LogP contribution in [0.25, 0.3) is 0 Å². The molecule has 0 aromatic heterocycles. The van der Waals surface area contributed by atoms with Gasteiger partial charge in [0.1, 0.15) is 24.4 Å². The van der Waals surface area contributed by atoms with Crippen LogP contribution in [0.3, 0.4) is 0 Å². The number of cyclic esters (lactones) is 1. The molecule has 4 aliphatic heterocycles. The van der Waals surface area contributed by atoms with E-state index in [1.807, 2.05) is 20.8 Å². The van der Waals surface area contributed by atoms with Crippen molar-refractivity contribution < 1.29 is 47.5 Å². The number of hydrogen-bond donors (Lipinski definition) is 0. The number of ether oxygens (including phenoxy) is 8. The highest BCUT2D eigenvalue weighted by molar-refractivity contribution is 5.99. The zero-order chi connectivity index (χ0) is 42.4. The van der Waals surface area contributed by atoms with Crippen LogP contribution in [0.1, 0.15) is 92.4 Å². The molecule has 3 aliphatic carbocycles. The maximum Gasteiger partial charge on any atom is 0.306 e. The van der Waals surface area contributed by atoms with Crippen LogP contribution in [0.15, 0.2) is 42.0 Å². The first-order chi connectivity index (χ1) is 29.0. The van der Waals surface area contributed by atoms with Crippen molar-refractivity contribution in [2.75, 3.05) is 39.8 Å². The number of allylic oxidation sites excluding steroid dienone is 2. The molecule has 6 fully saturated rings. The fourth-order valence-corrected chi connectivity index (χ4v) is 12.7. The summed E-state index contributed by atoms with van der Waals surface area (Å²) in [5.74, 6) is 0.0671. The highest BCUT2D eigenvalue weighted by Crippen LogP contribution is 2.65. The Kier molecular flexibility index (Phi) is 13.8. The average Bonchev–Trinajstić information content (AvgIpc) is 3.64. The molecule has 12 heteroatoms. The van der Waals surface area contributed by atoms with Crippen molar-refractivity contribution in [1.82, 2.24) is 4.90 Å². The third-order valence-corrected chi connectivity index (χ3v) is 15.5. The van der Waals surface area contributed by atoms with E-state index in [1.54, 1.807) is 14.2 Å². The number of benzene rings is 1. The number of ketones is 1. The Hall–Kier alpha value is -2.42. The van der Waals surface area contributed by atoms with Crippen LogP contribution in [0, 0.1) is 35.5 Å². The number of nitrogens with zero attached hydrogens (tertiary/aromatic N) is 2. The van der Waals surface area contributed by atoms with E-state index in [1.165, 1.54) is 5.69 Å². The van der Waals surface area contributed by atoms with Crippen LogP contribution in [-0.4, -0.2) is 131 Å². The Bertz CT molecular complexity index is 1660. The van der Waals surface area contributed by atoms with Crippen LogP contribution in [0.4, 0.5) is 5.69 Å². The monoisotopic (exact) mass is 837 g/mol. The van der Waals surface area contributed by atoms with Gasteiger partial charge in [-0.25, -0.2) is 0 Å². The van der Waals surface area contributed by atoms with E-state index < -0.39 is 12.4 Å². The molecular formula is C48H72N2O10. The average molecular weight is 837 g/mol. The van der Waals surface area contributed by atoms with Gasteiger partial charge < -0.3 is 47.7 Å². The molecule has 334 valence electrons. The molecule has 0 N–H and O–H groups in total. The predicted molar refractivity (Wildman–Crippen MR) is 226 cm³/mol. The summed E-state index contributed by atoms with van der Waals surface area (Å²) in [7, 11) is 7.56. The van der Waals surface area contributed by atoms with E-state index in [2.05, 4.69) is 74.2 Å². The molecule has 1 aromatic carbocycles. The van der Waals surface area contributed by atoms with Crippen molar-refractivity contribution in [2.24, 2.45) is 35.5 Å². The Morgan fingerprint density at radius 3 is 2.27 bits per heavy atom. The zero-order valence-corrected chi connectivity index (χ0v) is 37.5. The summed E-state index contributed by atoms with van der Waals surface area (Å²) in [6, 6.07) is 11.4. The van der Waals surface area contributed by atoms with Gasteiger partial charge in [-0.05, 0) is 128 Å². The molecule has 60 heavy (non-hydrogen) atoms. The molecule has 12 nitrogen and oxygen atoms in total. The van der Waals surface area contributed by atoms with Crippen molar-refractivity contribution >= 4 is 17.4 Å². The lowest BCUT2D eigenvalue weighted by atomic mass is 9.66. The number of methoxy groups -OCH3 is 2. The molecule has 4 heterocycles. The molecule has 8 rings (SSSR count). The number of carbonyl (C=O) groups excluding carboxylic acids is 2. The van der Waals surface area contributed by atoms with Crippen molar-refractivity contribution in [3.63, 3.8) is 0 Å². The van der Waals surface area contributed by atoms with Crippen LogP contribution >= 0.6 is 0 Å². The molecule has 0 spiro atoms. The van der Waals surface area contributed by atoms with Gasteiger partial charge in [0.05, 0.1) is 42.9 Å². The molecule has 0 radical (unpaired) electrons. The molecule has 4 saturated heterocycles. The summed E-state index contributed by atoms with van der Waals surface area (Å²) in [6.07, 6.45) is 6.16. The number of carbonyl (C=O) groups is 2. The highest BCUT2D eigenvalue weighted by Gasteiger charge is 2.69. The minimum atomic E-state index is -0.614. The second-order valence-corrected chi connectivity index (χ2v) is 19.1. The lowest BCUT2D eigenvalue weighted by Gasteiger charge is -2.44. The maximum absolute atomic E-state index is 15.2. The van der Waals surface area contributed by atoms with Crippen molar-refractivity contribution in [1.29, 1.82) is 0 Å². The minimum absolute atomic E-state index is 0.0259. The second kappa shape index (κ2) is 18.7. The van der Waals surface area contributed by atoms with Crippen LogP contribution < -0.4 is 4.90 Å². The summed E-state index contributed by atoms with van der Waals surface area (Å²) < 4.78 is 51.1. The smallest absolute Gasteiger partial charge is 0.306 e. The second-order valence-electron chi connectivity index (χ2n) is 19.1. The van der Waals surface area contributed by atoms with Crippen molar-refractivity contribution in [3.05, 3.63) is 42.0 Å². The number of likely N-dealkylation sites (N-methyl/N-ethyl adjacent to an activating group) is 1. The molecule has 1 aromatic rings. The molecule has 19 atom stereocenters. The third-order valence-electron chi connectivity index (χ3n) is 15.5. The summed E-state index contributed by atoms with van der Waals surface area (Å²) in [5.41, 5.74) is 1.98. The van der Waals surface area contributed by atoms with Gasteiger partial charge in [0.15, 0.2) is 18.4 Å². The van der Waals surface area contributed by atoms with Gasteiger partial charge in [-0.2, -0.15) is 0 Å². The van der Waals surface area contributed by atoms with Crippen LogP contribution in [-0.2, 0) is 47.5 Å². The number of hydrogen-bond acceptors (Lipinski definition) is 12. The number of Topliss-reactive ketones (excluding diaryl/α,β-unsaturated/α-hetero) is 1.